The maximum Gasteiger partial charge on any atom is 0.329 e. The summed E-state index contributed by atoms with van der Waals surface area (Å²) in [4.78, 5) is 22.4. The summed E-state index contributed by atoms with van der Waals surface area (Å²) in [6.07, 6.45) is 3.78. The third-order valence-corrected chi connectivity index (χ3v) is 3.45. The number of methoxy groups -OCH3 is 1. The lowest BCUT2D eigenvalue weighted by molar-refractivity contribution is -0.144. The topological polar surface area (TPSA) is 67.4 Å². The lowest BCUT2D eigenvalue weighted by Crippen LogP contribution is -2.47. The number of ether oxygens (including phenoxy) is 1. The van der Waals surface area contributed by atoms with Crippen molar-refractivity contribution in [1.29, 1.82) is 0 Å². The van der Waals surface area contributed by atoms with Gasteiger partial charge in [0.2, 0.25) is 5.91 Å². The number of amides is 1. The Kier molecular flexibility index (Phi) is 6.12. The van der Waals surface area contributed by atoms with Crippen molar-refractivity contribution in [2.24, 2.45) is 11.8 Å². The van der Waals surface area contributed by atoms with Crippen LogP contribution < -0.4 is 10.6 Å². The summed E-state index contributed by atoms with van der Waals surface area (Å²) in [5.41, 5.74) is 0. The van der Waals surface area contributed by atoms with E-state index < -0.39 is 12.0 Å². The summed E-state index contributed by atoms with van der Waals surface area (Å²) < 4.78 is 4.66. The third kappa shape index (κ3) is 5.04. The van der Waals surface area contributed by atoms with Crippen molar-refractivity contribution in [2.45, 2.75) is 39.2 Å². The number of carbonyl (C=O) groups excluding carboxylic acids is 2. The van der Waals surface area contributed by atoms with Crippen LogP contribution in [0.1, 0.15) is 33.1 Å². The van der Waals surface area contributed by atoms with Gasteiger partial charge < -0.3 is 15.4 Å². The highest BCUT2D eigenvalue weighted by Crippen LogP contribution is 2.29. The molecule has 0 aliphatic heterocycles. The maximum absolute atomic E-state index is 11.4. The van der Waals surface area contributed by atoms with Crippen LogP contribution in [0.3, 0.4) is 0 Å². The van der Waals surface area contributed by atoms with Gasteiger partial charge in [-0.15, -0.1) is 0 Å². The molecule has 0 aromatic carbocycles. The van der Waals surface area contributed by atoms with E-state index in [9.17, 15) is 9.59 Å². The van der Waals surface area contributed by atoms with Gasteiger partial charge in [-0.1, -0.05) is 13.3 Å². The quantitative estimate of drug-likeness (QED) is 0.686. The Morgan fingerprint density at radius 3 is 2.61 bits per heavy atom. The normalized spacial score (nSPS) is 24.6. The van der Waals surface area contributed by atoms with Crippen molar-refractivity contribution in [3.8, 4) is 0 Å². The third-order valence-electron chi connectivity index (χ3n) is 3.45. The van der Waals surface area contributed by atoms with Crippen LogP contribution in [-0.2, 0) is 14.3 Å². The van der Waals surface area contributed by atoms with E-state index in [1.807, 2.05) is 0 Å². The molecule has 18 heavy (non-hydrogen) atoms. The maximum atomic E-state index is 11.4. The van der Waals surface area contributed by atoms with Crippen LogP contribution in [0.4, 0.5) is 0 Å². The highest BCUT2D eigenvalue weighted by molar-refractivity contribution is 5.83. The van der Waals surface area contributed by atoms with Crippen molar-refractivity contribution in [2.75, 3.05) is 20.2 Å². The fourth-order valence-electron chi connectivity index (χ4n) is 2.52. The first kappa shape index (κ1) is 15.0. The molecular formula is C13H24N2O3. The van der Waals surface area contributed by atoms with Gasteiger partial charge in [0.15, 0.2) is 0 Å². The summed E-state index contributed by atoms with van der Waals surface area (Å²) in [5, 5.41) is 5.84. The molecule has 1 saturated carbocycles. The minimum Gasteiger partial charge on any atom is -0.467 e. The first-order valence-electron chi connectivity index (χ1n) is 6.58. The summed E-state index contributed by atoms with van der Waals surface area (Å²) in [6.45, 7) is 5.00. The Labute approximate surface area is 109 Å². The highest BCUT2D eigenvalue weighted by Gasteiger charge is 2.23. The van der Waals surface area contributed by atoms with E-state index in [0.29, 0.717) is 12.5 Å². The van der Waals surface area contributed by atoms with Gasteiger partial charge in [0.1, 0.15) is 6.04 Å². The van der Waals surface area contributed by atoms with Crippen LogP contribution in [0, 0.1) is 11.8 Å². The SMILES string of the molecule is COC(=O)C(CNCC1CCC(C)C1)NC(C)=O. The molecule has 3 atom stereocenters. The van der Waals surface area contributed by atoms with Crippen molar-refractivity contribution < 1.29 is 14.3 Å². The average Bonchev–Trinajstić information content (AvgIpc) is 2.72. The zero-order valence-corrected chi connectivity index (χ0v) is 11.5. The van der Waals surface area contributed by atoms with Gasteiger partial charge in [-0.3, -0.25) is 4.79 Å². The van der Waals surface area contributed by atoms with Crippen LogP contribution in [0.2, 0.25) is 0 Å². The predicted octanol–water partition coefficient (Wildman–Crippen LogP) is 0.690. The standard InChI is InChI=1S/C13H24N2O3/c1-9-4-5-11(6-9)7-14-8-12(13(17)18-3)15-10(2)16/h9,11-12,14H,4-8H2,1-3H3,(H,15,16). The number of nitrogens with one attached hydrogen (secondary N) is 2. The highest BCUT2D eigenvalue weighted by atomic mass is 16.5. The fraction of sp³-hybridized carbons (Fsp3) is 0.846. The molecule has 0 heterocycles. The Bertz CT molecular complexity index is 294. The van der Waals surface area contributed by atoms with Crippen LogP contribution in [-0.4, -0.2) is 38.1 Å². The fourth-order valence-corrected chi connectivity index (χ4v) is 2.52. The Morgan fingerprint density at radius 2 is 2.11 bits per heavy atom. The molecule has 0 aromatic heterocycles. The summed E-state index contributed by atoms with van der Waals surface area (Å²) in [6, 6.07) is -0.591. The number of hydrogen-bond donors (Lipinski definition) is 2. The predicted molar refractivity (Wildman–Crippen MR) is 69.0 cm³/mol. The largest absolute Gasteiger partial charge is 0.467 e. The molecule has 0 spiro atoms. The zero-order chi connectivity index (χ0) is 13.5. The molecule has 1 fully saturated rings. The van der Waals surface area contributed by atoms with Gasteiger partial charge in [-0.2, -0.15) is 0 Å². The molecule has 1 rings (SSSR count). The van der Waals surface area contributed by atoms with E-state index in [4.69, 9.17) is 0 Å². The second kappa shape index (κ2) is 7.36. The summed E-state index contributed by atoms with van der Waals surface area (Å²) in [7, 11) is 1.33. The van der Waals surface area contributed by atoms with Crippen molar-refractivity contribution in [3.63, 3.8) is 0 Å². The molecule has 0 saturated heterocycles. The number of hydrogen-bond acceptors (Lipinski definition) is 4. The molecule has 1 aliphatic carbocycles. The van der Waals surface area contributed by atoms with E-state index >= 15 is 0 Å². The van der Waals surface area contributed by atoms with Gasteiger partial charge in [0, 0.05) is 13.5 Å². The van der Waals surface area contributed by atoms with E-state index in [1.165, 1.54) is 33.3 Å². The minimum absolute atomic E-state index is 0.221. The van der Waals surface area contributed by atoms with Gasteiger partial charge in [0.05, 0.1) is 7.11 Å². The van der Waals surface area contributed by atoms with E-state index in [0.717, 1.165) is 12.5 Å². The number of carbonyl (C=O) groups is 2. The Hall–Kier alpha value is -1.10. The van der Waals surface area contributed by atoms with Crippen LogP contribution in [0.25, 0.3) is 0 Å². The average molecular weight is 256 g/mol. The molecule has 1 aliphatic rings. The lowest BCUT2D eigenvalue weighted by Gasteiger charge is -2.17. The van der Waals surface area contributed by atoms with E-state index in [1.54, 1.807) is 0 Å². The number of rotatable bonds is 6. The van der Waals surface area contributed by atoms with Crippen LogP contribution in [0.5, 0.6) is 0 Å². The van der Waals surface area contributed by atoms with Gasteiger partial charge in [-0.05, 0) is 31.2 Å². The lowest BCUT2D eigenvalue weighted by atomic mass is 10.1. The van der Waals surface area contributed by atoms with Crippen molar-refractivity contribution >= 4 is 11.9 Å². The number of esters is 1. The van der Waals surface area contributed by atoms with Crippen molar-refractivity contribution in [1.82, 2.24) is 10.6 Å². The van der Waals surface area contributed by atoms with Gasteiger partial charge in [-0.25, -0.2) is 4.79 Å². The molecule has 0 bridgehead atoms. The molecule has 5 nitrogen and oxygen atoms in total. The first-order valence-corrected chi connectivity index (χ1v) is 6.58. The minimum atomic E-state index is -0.591. The Balaban J connectivity index is 2.28. The van der Waals surface area contributed by atoms with Crippen LogP contribution >= 0.6 is 0 Å². The molecule has 1 amide bonds. The molecule has 3 unspecified atom stereocenters. The smallest absolute Gasteiger partial charge is 0.329 e. The van der Waals surface area contributed by atoms with Crippen molar-refractivity contribution in [3.05, 3.63) is 0 Å². The second-order valence-corrected chi connectivity index (χ2v) is 5.22. The van der Waals surface area contributed by atoms with E-state index in [2.05, 4.69) is 22.3 Å². The van der Waals surface area contributed by atoms with E-state index in [-0.39, 0.29) is 5.91 Å². The van der Waals surface area contributed by atoms with Crippen LogP contribution in [0.15, 0.2) is 0 Å². The molecule has 0 aromatic rings. The summed E-state index contributed by atoms with van der Waals surface area (Å²) >= 11 is 0. The monoisotopic (exact) mass is 256 g/mol. The zero-order valence-electron chi connectivity index (χ0n) is 11.5. The molecular weight excluding hydrogens is 232 g/mol. The summed E-state index contributed by atoms with van der Waals surface area (Å²) in [5.74, 6) is 0.873. The van der Waals surface area contributed by atoms with Gasteiger partial charge in [0.25, 0.3) is 0 Å². The van der Waals surface area contributed by atoms with Gasteiger partial charge >= 0.3 is 5.97 Å². The molecule has 0 radical (unpaired) electrons. The first-order chi connectivity index (χ1) is 8.52. The molecule has 2 N–H and O–H groups in total. The Morgan fingerprint density at radius 1 is 1.39 bits per heavy atom. The second-order valence-electron chi connectivity index (χ2n) is 5.22. The molecule has 5 heteroatoms. The molecule has 104 valence electrons.